The first-order valence-electron chi connectivity index (χ1n) is 7.86. The average Bonchev–Trinajstić information content (AvgIpc) is 2.98. The van der Waals surface area contributed by atoms with Crippen LogP contribution in [0.15, 0.2) is 41.6 Å². The number of anilines is 1. The smallest absolute Gasteiger partial charge is 0.234 e. The molecule has 0 fully saturated rings. The molecular weight excluding hydrogens is 358 g/mol. The maximum atomic E-state index is 12.1. The molecule has 0 aliphatic heterocycles. The van der Waals surface area contributed by atoms with E-state index in [0.29, 0.717) is 22.5 Å². The van der Waals surface area contributed by atoms with Crippen molar-refractivity contribution >= 4 is 46.0 Å². The number of halogens is 1. The van der Waals surface area contributed by atoms with E-state index in [1.165, 1.54) is 11.8 Å². The summed E-state index contributed by atoms with van der Waals surface area (Å²) in [6.45, 7) is 4.51. The lowest BCUT2D eigenvalue weighted by atomic mass is 10.2. The summed E-state index contributed by atoms with van der Waals surface area (Å²) in [6, 6.07) is 11.2. The Kier molecular flexibility index (Phi) is 5.50. The monoisotopic (exact) mass is 375 g/mol. The topological polar surface area (TPSA) is 67.0 Å². The van der Waals surface area contributed by atoms with Gasteiger partial charge in [-0.1, -0.05) is 29.4 Å². The number of amides is 1. The molecule has 2 aromatic carbocycles. The largest absolute Gasteiger partial charge is 0.494 e. The van der Waals surface area contributed by atoms with Gasteiger partial charge in [0, 0.05) is 6.07 Å². The van der Waals surface area contributed by atoms with E-state index in [-0.39, 0.29) is 11.7 Å². The first-order valence-corrected chi connectivity index (χ1v) is 9.23. The van der Waals surface area contributed by atoms with Gasteiger partial charge in [0.05, 0.1) is 34.1 Å². The van der Waals surface area contributed by atoms with Crippen molar-refractivity contribution in [3.63, 3.8) is 0 Å². The number of carbonyl (C=O) groups excluding carboxylic acids is 1. The average molecular weight is 376 g/mol. The van der Waals surface area contributed by atoms with Crippen molar-refractivity contribution < 1.29 is 9.53 Å². The minimum atomic E-state index is -0.133. The van der Waals surface area contributed by atoms with Crippen LogP contribution in [0.25, 0.3) is 11.0 Å². The molecule has 25 heavy (non-hydrogen) atoms. The third kappa shape index (κ3) is 4.46. The summed E-state index contributed by atoms with van der Waals surface area (Å²) in [5.41, 5.74) is 3.39. The fourth-order valence-corrected chi connectivity index (χ4v) is 3.30. The molecular formula is C18H18ClN3O2S. The lowest BCUT2D eigenvalue weighted by Gasteiger charge is -2.07. The van der Waals surface area contributed by atoms with Crippen LogP contribution >= 0.6 is 23.4 Å². The number of nitrogens with one attached hydrogen (secondary N) is 2. The zero-order valence-corrected chi connectivity index (χ0v) is 15.5. The molecule has 1 aromatic heterocycles. The highest BCUT2D eigenvalue weighted by Gasteiger charge is 2.10. The van der Waals surface area contributed by atoms with Gasteiger partial charge in [-0.25, -0.2) is 4.98 Å². The zero-order valence-electron chi connectivity index (χ0n) is 13.9. The number of thioether (sulfide) groups is 1. The number of aromatic amines is 1. The molecule has 0 radical (unpaired) electrons. The Morgan fingerprint density at radius 1 is 1.32 bits per heavy atom. The van der Waals surface area contributed by atoms with Crippen LogP contribution in [0.4, 0.5) is 5.69 Å². The standard InChI is InChI=1S/C18H18ClN3O2S/c1-3-24-12-5-7-15-16(9-12)22-18(21-15)25-10-17(23)20-14-6-4-11(2)8-13(14)19/h4-9H,3,10H2,1-2H3,(H,20,23)(H,21,22). The summed E-state index contributed by atoms with van der Waals surface area (Å²) in [5.74, 6) is 0.899. The van der Waals surface area contributed by atoms with Crippen molar-refractivity contribution in [2.45, 2.75) is 19.0 Å². The number of benzene rings is 2. The minimum absolute atomic E-state index is 0.133. The van der Waals surface area contributed by atoms with Gasteiger partial charge in [0.25, 0.3) is 0 Å². The van der Waals surface area contributed by atoms with E-state index >= 15 is 0 Å². The van der Waals surface area contributed by atoms with Gasteiger partial charge in [0.1, 0.15) is 5.75 Å². The van der Waals surface area contributed by atoms with Gasteiger partial charge in [-0.2, -0.15) is 0 Å². The molecule has 130 valence electrons. The molecule has 0 spiro atoms. The zero-order chi connectivity index (χ0) is 17.8. The van der Waals surface area contributed by atoms with Gasteiger partial charge in [-0.05, 0) is 43.7 Å². The molecule has 0 unspecified atom stereocenters. The van der Waals surface area contributed by atoms with Gasteiger partial charge < -0.3 is 15.0 Å². The molecule has 0 atom stereocenters. The molecule has 0 saturated heterocycles. The summed E-state index contributed by atoms with van der Waals surface area (Å²) in [6.07, 6.45) is 0. The van der Waals surface area contributed by atoms with Gasteiger partial charge in [0.2, 0.25) is 5.91 Å². The molecule has 0 saturated carbocycles. The van der Waals surface area contributed by atoms with Crippen LogP contribution in [-0.2, 0) is 4.79 Å². The second-order valence-electron chi connectivity index (χ2n) is 5.47. The molecule has 5 nitrogen and oxygen atoms in total. The highest BCUT2D eigenvalue weighted by molar-refractivity contribution is 7.99. The maximum Gasteiger partial charge on any atom is 0.234 e. The Morgan fingerprint density at radius 2 is 2.16 bits per heavy atom. The Bertz CT molecular complexity index is 910. The molecule has 0 aliphatic carbocycles. The van der Waals surface area contributed by atoms with E-state index in [1.807, 2.05) is 44.2 Å². The van der Waals surface area contributed by atoms with Crippen LogP contribution in [0, 0.1) is 6.92 Å². The number of hydrogen-bond acceptors (Lipinski definition) is 4. The fourth-order valence-electron chi connectivity index (χ4n) is 2.33. The highest BCUT2D eigenvalue weighted by Crippen LogP contribution is 2.25. The second kappa shape index (κ2) is 7.80. The summed E-state index contributed by atoms with van der Waals surface area (Å²) >= 11 is 7.47. The molecule has 7 heteroatoms. The van der Waals surface area contributed by atoms with Crippen molar-refractivity contribution in [1.82, 2.24) is 9.97 Å². The predicted molar refractivity (Wildman–Crippen MR) is 103 cm³/mol. The quantitative estimate of drug-likeness (QED) is 0.615. The number of aromatic nitrogens is 2. The molecule has 1 heterocycles. The van der Waals surface area contributed by atoms with E-state index in [4.69, 9.17) is 16.3 Å². The number of imidazole rings is 1. The van der Waals surface area contributed by atoms with Crippen LogP contribution in [-0.4, -0.2) is 28.2 Å². The minimum Gasteiger partial charge on any atom is -0.494 e. The first kappa shape index (κ1) is 17.6. The van der Waals surface area contributed by atoms with E-state index in [2.05, 4.69) is 15.3 Å². The van der Waals surface area contributed by atoms with Crippen LogP contribution in [0.5, 0.6) is 5.75 Å². The van der Waals surface area contributed by atoms with Crippen LogP contribution in [0.1, 0.15) is 12.5 Å². The normalized spacial score (nSPS) is 10.8. The number of hydrogen-bond donors (Lipinski definition) is 2. The molecule has 1 amide bonds. The van der Waals surface area contributed by atoms with Crippen molar-refractivity contribution in [3.05, 3.63) is 47.0 Å². The lowest BCUT2D eigenvalue weighted by Crippen LogP contribution is -2.14. The Hall–Kier alpha value is -2.18. The molecule has 0 bridgehead atoms. The Morgan fingerprint density at radius 3 is 2.92 bits per heavy atom. The third-order valence-corrected chi connectivity index (χ3v) is 4.67. The number of ether oxygens (including phenoxy) is 1. The maximum absolute atomic E-state index is 12.1. The summed E-state index contributed by atoms with van der Waals surface area (Å²) in [7, 11) is 0. The summed E-state index contributed by atoms with van der Waals surface area (Å²) in [4.78, 5) is 19.8. The van der Waals surface area contributed by atoms with E-state index in [9.17, 15) is 4.79 Å². The van der Waals surface area contributed by atoms with Gasteiger partial charge >= 0.3 is 0 Å². The van der Waals surface area contributed by atoms with E-state index in [1.54, 1.807) is 6.07 Å². The van der Waals surface area contributed by atoms with Gasteiger partial charge in [-0.3, -0.25) is 4.79 Å². The Balaban J connectivity index is 1.62. The van der Waals surface area contributed by atoms with Crippen LogP contribution < -0.4 is 10.1 Å². The van der Waals surface area contributed by atoms with E-state index in [0.717, 1.165) is 22.3 Å². The van der Waals surface area contributed by atoms with Gasteiger partial charge in [0.15, 0.2) is 5.16 Å². The van der Waals surface area contributed by atoms with Crippen molar-refractivity contribution in [2.75, 3.05) is 17.7 Å². The highest BCUT2D eigenvalue weighted by atomic mass is 35.5. The number of H-pyrrole nitrogens is 1. The predicted octanol–water partition coefficient (Wildman–Crippen LogP) is 4.65. The second-order valence-corrected chi connectivity index (χ2v) is 6.85. The number of fused-ring (bicyclic) bond motifs is 1. The lowest BCUT2D eigenvalue weighted by molar-refractivity contribution is -0.113. The van der Waals surface area contributed by atoms with Crippen molar-refractivity contribution in [1.29, 1.82) is 0 Å². The SMILES string of the molecule is CCOc1ccc2nc(SCC(=O)Nc3ccc(C)cc3Cl)[nH]c2c1. The summed E-state index contributed by atoms with van der Waals surface area (Å²) in [5, 5.41) is 4.04. The third-order valence-electron chi connectivity index (χ3n) is 3.48. The van der Waals surface area contributed by atoms with Crippen LogP contribution in [0.2, 0.25) is 5.02 Å². The Labute approximate surface area is 155 Å². The van der Waals surface area contributed by atoms with Crippen molar-refractivity contribution in [2.24, 2.45) is 0 Å². The van der Waals surface area contributed by atoms with Crippen molar-refractivity contribution in [3.8, 4) is 5.75 Å². The van der Waals surface area contributed by atoms with E-state index < -0.39 is 0 Å². The molecule has 3 aromatic rings. The van der Waals surface area contributed by atoms with Gasteiger partial charge in [-0.15, -0.1) is 0 Å². The first-order chi connectivity index (χ1) is 12.0. The molecule has 0 aliphatic rings. The number of aryl methyl sites for hydroxylation is 1. The van der Waals surface area contributed by atoms with Crippen LogP contribution in [0.3, 0.4) is 0 Å². The number of rotatable bonds is 6. The summed E-state index contributed by atoms with van der Waals surface area (Å²) < 4.78 is 5.48. The molecule has 2 N–H and O–H groups in total. The number of nitrogens with zero attached hydrogens (tertiary/aromatic N) is 1. The number of carbonyl (C=O) groups is 1. The fraction of sp³-hybridized carbons (Fsp3) is 0.222. The molecule has 3 rings (SSSR count).